The summed E-state index contributed by atoms with van der Waals surface area (Å²) in [7, 11) is 0. The Hall–Kier alpha value is -0.770. The summed E-state index contributed by atoms with van der Waals surface area (Å²) >= 11 is 0. The van der Waals surface area contributed by atoms with Crippen LogP contribution in [0.1, 0.15) is 40.5 Å². The van der Waals surface area contributed by atoms with E-state index in [2.05, 4.69) is 12.2 Å². The second-order valence-corrected chi connectivity index (χ2v) is 5.85. The zero-order valence-corrected chi connectivity index (χ0v) is 10.7. The number of amides is 1. The maximum absolute atomic E-state index is 11.3. The number of nitrogens with two attached hydrogens (primary N) is 1. The van der Waals surface area contributed by atoms with Gasteiger partial charge in [0.1, 0.15) is 5.60 Å². The minimum absolute atomic E-state index is 0.0440. The summed E-state index contributed by atoms with van der Waals surface area (Å²) < 4.78 is 5.12. The number of rotatable bonds is 4. The smallest absolute Gasteiger partial charge is 0.407 e. The fourth-order valence-corrected chi connectivity index (χ4v) is 1.73. The van der Waals surface area contributed by atoms with Crippen molar-refractivity contribution < 1.29 is 9.53 Å². The highest BCUT2D eigenvalue weighted by Crippen LogP contribution is 2.40. The van der Waals surface area contributed by atoms with Gasteiger partial charge in [-0.15, -0.1) is 0 Å². The topological polar surface area (TPSA) is 64.3 Å². The summed E-state index contributed by atoms with van der Waals surface area (Å²) in [5.41, 5.74) is 5.47. The third-order valence-electron chi connectivity index (χ3n) is 2.79. The Labute approximate surface area is 97.9 Å². The first kappa shape index (κ1) is 13.3. The standard InChI is InChI=1S/C12H24N2O2/c1-8-5-9(8)6-10(13)7-14-11(15)16-12(2,3)4/h8-10H,5-7,13H2,1-4H3,(H,14,15). The van der Waals surface area contributed by atoms with Crippen LogP contribution in [0, 0.1) is 11.8 Å². The largest absolute Gasteiger partial charge is 0.444 e. The maximum atomic E-state index is 11.3. The molecule has 1 amide bonds. The molecule has 1 fully saturated rings. The molecule has 3 atom stereocenters. The molecule has 4 nitrogen and oxygen atoms in total. The van der Waals surface area contributed by atoms with Crippen LogP contribution < -0.4 is 11.1 Å². The highest BCUT2D eigenvalue weighted by Gasteiger charge is 2.33. The first-order valence-corrected chi connectivity index (χ1v) is 6.00. The van der Waals surface area contributed by atoms with E-state index in [9.17, 15) is 4.79 Å². The number of carbonyl (C=O) groups excluding carboxylic acids is 1. The molecule has 0 aromatic carbocycles. The van der Waals surface area contributed by atoms with Gasteiger partial charge in [0.25, 0.3) is 0 Å². The van der Waals surface area contributed by atoms with Crippen molar-refractivity contribution in [2.75, 3.05) is 6.54 Å². The Morgan fingerprint density at radius 3 is 2.56 bits per heavy atom. The van der Waals surface area contributed by atoms with Gasteiger partial charge in [0.2, 0.25) is 0 Å². The molecule has 1 aliphatic carbocycles. The molecule has 0 spiro atoms. The van der Waals surface area contributed by atoms with Crippen molar-refractivity contribution in [3.63, 3.8) is 0 Å². The second kappa shape index (κ2) is 5.04. The zero-order valence-electron chi connectivity index (χ0n) is 10.7. The third kappa shape index (κ3) is 5.35. The monoisotopic (exact) mass is 228 g/mol. The average Bonchev–Trinajstić information content (AvgIpc) is 2.75. The van der Waals surface area contributed by atoms with E-state index in [0.29, 0.717) is 6.54 Å². The maximum Gasteiger partial charge on any atom is 0.407 e. The number of carbonyl (C=O) groups is 1. The zero-order chi connectivity index (χ0) is 12.3. The molecule has 0 radical (unpaired) electrons. The lowest BCUT2D eigenvalue weighted by Gasteiger charge is -2.20. The van der Waals surface area contributed by atoms with Crippen LogP contribution in [-0.4, -0.2) is 24.3 Å². The summed E-state index contributed by atoms with van der Waals surface area (Å²) in [5, 5.41) is 2.70. The van der Waals surface area contributed by atoms with Gasteiger partial charge in [-0.2, -0.15) is 0 Å². The number of alkyl carbamates (subject to hydrolysis) is 1. The van der Waals surface area contributed by atoms with Crippen LogP contribution in [0.2, 0.25) is 0 Å². The van der Waals surface area contributed by atoms with Gasteiger partial charge in [-0.1, -0.05) is 6.92 Å². The summed E-state index contributed by atoms with van der Waals surface area (Å²) in [5.74, 6) is 1.57. The SMILES string of the molecule is CC1CC1CC(N)CNC(=O)OC(C)(C)C. The second-order valence-electron chi connectivity index (χ2n) is 5.85. The van der Waals surface area contributed by atoms with Crippen LogP contribution >= 0.6 is 0 Å². The van der Waals surface area contributed by atoms with Crippen molar-refractivity contribution in [3.8, 4) is 0 Å². The van der Waals surface area contributed by atoms with E-state index in [4.69, 9.17) is 10.5 Å². The van der Waals surface area contributed by atoms with Crippen LogP contribution in [0.5, 0.6) is 0 Å². The molecule has 4 heteroatoms. The molecule has 1 aliphatic rings. The molecule has 1 rings (SSSR count). The molecule has 16 heavy (non-hydrogen) atoms. The fraction of sp³-hybridized carbons (Fsp3) is 0.917. The Balaban J connectivity index is 2.11. The molecule has 94 valence electrons. The number of ether oxygens (including phenoxy) is 1. The van der Waals surface area contributed by atoms with Crippen LogP contribution in [0.3, 0.4) is 0 Å². The van der Waals surface area contributed by atoms with Crippen molar-refractivity contribution in [3.05, 3.63) is 0 Å². The Morgan fingerprint density at radius 2 is 2.12 bits per heavy atom. The Morgan fingerprint density at radius 1 is 1.56 bits per heavy atom. The first-order valence-electron chi connectivity index (χ1n) is 6.00. The first-order chi connectivity index (χ1) is 7.28. The molecular formula is C12H24N2O2. The molecule has 0 saturated heterocycles. The van der Waals surface area contributed by atoms with Crippen molar-refractivity contribution in [2.45, 2.75) is 52.2 Å². The van der Waals surface area contributed by atoms with E-state index >= 15 is 0 Å². The number of nitrogens with one attached hydrogen (secondary N) is 1. The summed E-state index contributed by atoms with van der Waals surface area (Å²) in [4.78, 5) is 11.3. The van der Waals surface area contributed by atoms with Gasteiger partial charge in [0.05, 0.1) is 0 Å². The highest BCUT2D eigenvalue weighted by atomic mass is 16.6. The number of hydrogen-bond donors (Lipinski definition) is 2. The normalized spacial score (nSPS) is 26.1. The van der Waals surface area contributed by atoms with E-state index in [0.717, 1.165) is 18.3 Å². The average molecular weight is 228 g/mol. The summed E-state index contributed by atoms with van der Waals surface area (Å²) in [6, 6.07) is 0.0440. The minimum Gasteiger partial charge on any atom is -0.444 e. The lowest BCUT2D eigenvalue weighted by atomic mass is 10.1. The van der Waals surface area contributed by atoms with Gasteiger partial charge < -0.3 is 15.8 Å². The molecule has 0 bridgehead atoms. The highest BCUT2D eigenvalue weighted by molar-refractivity contribution is 5.67. The quantitative estimate of drug-likeness (QED) is 0.772. The van der Waals surface area contributed by atoms with Crippen molar-refractivity contribution >= 4 is 6.09 Å². The van der Waals surface area contributed by atoms with E-state index in [1.165, 1.54) is 6.42 Å². The van der Waals surface area contributed by atoms with Crippen molar-refractivity contribution in [2.24, 2.45) is 17.6 Å². The molecule has 0 aromatic heterocycles. The van der Waals surface area contributed by atoms with Gasteiger partial charge in [0.15, 0.2) is 0 Å². The van der Waals surface area contributed by atoms with Gasteiger partial charge in [-0.05, 0) is 45.4 Å². The molecular weight excluding hydrogens is 204 g/mol. The van der Waals surface area contributed by atoms with E-state index in [1.807, 2.05) is 20.8 Å². The van der Waals surface area contributed by atoms with Gasteiger partial charge >= 0.3 is 6.09 Å². The third-order valence-corrected chi connectivity index (χ3v) is 2.79. The lowest BCUT2D eigenvalue weighted by Crippen LogP contribution is -2.40. The van der Waals surface area contributed by atoms with Crippen molar-refractivity contribution in [1.82, 2.24) is 5.32 Å². The minimum atomic E-state index is -0.445. The lowest BCUT2D eigenvalue weighted by molar-refractivity contribution is 0.0523. The molecule has 0 heterocycles. The van der Waals surface area contributed by atoms with Crippen LogP contribution in [0.4, 0.5) is 4.79 Å². The van der Waals surface area contributed by atoms with Gasteiger partial charge in [-0.25, -0.2) is 4.79 Å². The summed E-state index contributed by atoms with van der Waals surface area (Å²) in [6.45, 7) is 8.27. The molecule has 3 N–H and O–H groups in total. The van der Waals surface area contributed by atoms with Crippen molar-refractivity contribution in [1.29, 1.82) is 0 Å². The van der Waals surface area contributed by atoms with Gasteiger partial charge in [0, 0.05) is 12.6 Å². The number of hydrogen-bond acceptors (Lipinski definition) is 3. The van der Waals surface area contributed by atoms with E-state index < -0.39 is 5.60 Å². The predicted octanol–water partition coefficient (Wildman–Crippen LogP) is 1.88. The molecule has 0 aliphatic heterocycles. The molecule has 1 saturated carbocycles. The van der Waals surface area contributed by atoms with E-state index in [1.54, 1.807) is 0 Å². The molecule has 0 aromatic rings. The fourth-order valence-electron chi connectivity index (χ4n) is 1.73. The summed E-state index contributed by atoms with van der Waals surface area (Å²) in [6.07, 6.45) is 1.89. The van der Waals surface area contributed by atoms with Crippen LogP contribution in [0.15, 0.2) is 0 Å². The predicted molar refractivity (Wildman–Crippen MR) is 64.1 cm³/mol. The van der Waals surface area contributed by atoms with Crippen LogP contribution in [0.25, 0.3) is 0 Å². The van der Waals surface area contributed by atoms with E-state index in [-0.39, 0.29) is 12.1 Å². The molecule has 3 unspecified atom stereocenters. The Bertz CT molecular complexity index is 248. The van der Waals surface area contributed by atoms with Crippen LogP contribution in [-0.2, 0) is 4.74 Å². The Kier molecular flexibility index (Phi) is 4.19. The van der Waals surface area contributed by atoms with Gasteiger partial charge in [-0.3, -0.25) is 0 Å².